The molecule has 2 amide bonds. The average Bonchev–Trinajstić information content (AvgIpc) is 2.32. The minimum atomic E-state index is -0.549. The second-order valence-corrected chi connectivity index (χ2v) is 4.56. The van der Waals surface area contributed by atoms with Crippen molar-refractivity contribution in [2.75, 3.05) is 6.54 Å². The second kappa shape index (κ2) is 4.94. The highest BCUT2D eigenvalue weighted by Gasteiger charge is 2.31. The lowest BCUT2D eigenvalue weighted by Gasteiger charge is -2.32. The minimum Gasteiger partial charge on any atom is -0.345 e. The van der Waals surface area contributed by atoms with Gasteiger partial charge in [-0.05, 0) is 24.6 Å². The van der Waals surface area contributed by atoms with Crippen molar-refractivity contribution in [3.8, 4) is 0 Å². The number of carbonyl (C=O) groups excluding carboxylic acids is 2. The molecule has 1 aromatic rings. The van der Waals surface area contributed by atoms with Crippen LogP contribution in [0.3, 0.4) is 0 Å². The van der Waals surface area contributed by atoms with Gasteiger partial charge < -0.3 is 10.2 Å². The maximum Gasteiger partial charge on any atom is 0.242 e. The molecule has 0 saturated carbocycles. The number of nitrogens with zero attached hydrogens (tertiary/aromatic N) is 1. The van der Waals surface area contributed by atoms with E-state index in [0.29, 0.717) is 5.56 Å². The zero-order valence-corrected chi connectivity index (χ0v) is 10.5. The van der Waals surface area contributed by atoms with Crippen molar-refractivity contribution >= 4 is 23.4 Å². The van der Waals surface area contributed by atoms with Gasteiger partial charge in [-0.15, -0.1) is 0 Å². The smallest absolute Gasteiger partial charge is 0.242 e. The van der Waals surface area contributed by atoms with Crippen LogP contribution in [-0.4, -0.2) is 29.3 Å². The maximum atomic E-state index is 12.9. The standard InChI is InChI=1S/C12H12ClFN2O2/c1-7-12(18)15-5-11(17)16(7)6-8-2-3-9(14)4-10(8)13/h2-4,7H,5-6H2,1H3,(H,15,18). The molecule has 2 rings (SSSR count). The molecule has 1 aliphatic rings. The average molecular weight is 271 g/mol. The first-order valence-electron chi connectivity index (χ1n) is 5.50. The van der Waals surface area contributed by atoms with E-state index in [1.54, 1.807) is 6.92 Å². The largest absolute Gasteiger partial charge is 0.345 e. The highest BCUT2D eigenvalue weighted by atomic mass is 35.5. The van der Waals surface area contributed by atoms with Crippen molar-refractivity contribution < 1.29 is 14.0 Å². The van der Waals surface area contributed by atoms with Gasteiger partial charge in [-0.25, -0.2) is 4.39 Å². The summed E-state index contributed by atoms with van der Waals surface area (Å²) in [7, 11) is 0. The number of nitrogens with one attached hydrogen (secondary N) is 1. The van der Waals surface area contributed by atoms with Gasteiger partial charge in [0.1, 0.15) is 11.9 Å². The molecule has 1 heterocycles. The molecule has 6 heteroatoms. The van der Waals surface area contributed by atoms with Crippen LogP contribution in [0.4, 0.5) is 4.39 Å². The van der Waals surface area contributed by atoms with E-state index in [1.165, 1.54) is 23.1 Å². The van der Waals surface area contributed by atoms with Crippen LogP contribution >= 0.6 is 11.6 Å². The Labute approximate surface area is 109 Å². The van der Waals surface area contributed by atoms with Crippen molar-refractivity contribution in [2.24, 2.45) is 0 Å². The third kappa shape index (κ3) is 2.46. The summed E-state index contributed by atoms with van der Waals surface area (Å²) in [6, 6.07) is 3.44. The number of hydrogen-bond acceptors (Lipinski definition) is 2. The zero-order chi connectivity index (χ0) is 13.3. The molecule has 1 atom stereocenters. The normalized spacial score (nSPS) is 19.9. The fourth-order valence-electron chi connectivity index (χ4n) is 1.83. The number of carbonyl (C=O) groups is 2. The SMILES string of the molecule is CC1C(=O)NCC(=O)N1Cc1ccc(F)cc1Cl. The Hall–Kier alpha value is -1.62. The lowest BCUT2D eigenvalue weighted by molar-refractivity contribution is -0.145. The maximum absolute atomic E-state index is 12.9. The van der Waals surface area contributed by atoms with Gasteiger partial charge in [0.05, 0.1) is 6.54 Å². The van der Waals surface area contributed by atoms with Crippen molar-refractivity contribution in [2.45, 2.75) is 19.5 Å². The number of rotatable bonds is 2. The predicted molar refractivity (Wildman–Crippen MR) is 64.4 cm³/mol. The fourth-order valence-corrected chi connectivity index (χ4v) is 2.06. The zero-order valence-electron chi connectivity index (χ0n) is 9.74. The molecular formula is C12H12ClFN2O2. The summed E-state index contributed by atoms with van der Waals surface area (Å²) >= 11 is 5.90. The van der Waals surface area contributed by atoms with Crippen LogP contribution in [0.2, 0.25) is 5.02 Å². The lowest BCUT2D eigenvalue weighted by atomic mass is 10.1. The Morgan fingerprint density at radius 3 is 2.89 bits per heavy atom. The van der Waals surface area contributed by atoms with Gasteiger partial charge in [0.25, 0.3) is 0 Å². The molecule has 0 spiro atoms. The molecule has 0 aromatic heterocycles. The molecule has 1 aliphatic heterocycles. The van der Waals surface area contributed by atoms with E-state index in [2.05, 4.69) is 5.32 Å². The number of amides is 2. The van der Waals surface area contributed by atoms with Crippen molar-refractivity contribution in [3.05, 3.63) is 34.6 Å². The monoisotopic (exact) mass is 270 g/mol. The van der Waals surface area contributed by atoms with Crippen molar-refractivity contribution in [1.82, 2.24) is 10.2 Å². The molecule has 0 bridgehead atoms. The van der Waals surface area contributed by atoms with E-state index in [-0.39, 0.29) is 29.9 Å². The molecule has 1 saturated heterocycles. The van der Waals surface area contributed by atoms with Crippen LogP contribution < -0.4 is 5.32 Å². The molecule has 1 unspecified atom stereocenters. The van der Waals surface area contributed by atoms with Gasteiger partial charge in [-0.3, -0.25) is 9.59 Å². The molecule has 4 nitrogen and oxygen atoms in total. The molecular weight excluding hydrogens is 259 g/mol. The second-order valence-electron chi connectivity index (χ2n) is 4.15. The summed E-state index contributed by atoms with van der Waals surface area (Å²) in [5, 5.41) is 2.75. The van der Waals surface area contributed by atoms with Crippen LogP contribution in [0, 0.1) is 5.82 Å². The summed E-state index contributed by atoms with van der Waals surface area (Å²) in [4.78, 5) is 24.6. The highest BCUT2D eigenvalue weighted by Crippen LogP contribution is 2.20. The fraction of sp³-hybridized carbons (Fsp3) is 0.333. The molecule has 0 aliphatic carbocycles. The van der Waals surface area contributed by atoms with E-state index in [1.807, 2.05) is 0 Å². The number of hydrogen-bond donors (Lipinski definition) is 1. The quantitative estimate of drug-likeness (QED) is 0.881. The molecule has 1 N–H and O–H groups in total. The Bertz CT molecular complexity index is 507. The van der Waals surface area contributed by atoms with Gasteiger partial charge in [-0.1, -0.05) is 17.7 Å². The van der Waals surface area contributed by atoms with Crippen LogP contribution in [0.15, 0.2) is 18.2 Å². The van der Waals surface area contributed by atoms with E-state index in [4.69, 9.17) is 11.6 Å². The summed E-state index contributed by atoms with van der Waals surface area (Å²) < 4.78 is 12.9. The van der Waals surface area contributed by atoms with E-state index < -0.39 is 11.9 Å². The van der Waals surface area contributed by atoms with E-state index in [9.17, 15) is 14.0 Å². The molecule has 1 aromatic carbocycles. The van der Waals surface area contributed by atoms with E-state index in [0.717, 1.165) is 0 Å². The molecule has 0 radical (unpaired) electrons. The number of benzene rings is 1. The molecule has 96 valence electrons. The minimum absolute atomic E-state index is 0.0119. The highest BCUT2D eigenvalue weighted by molar-refractivity contribution is 6.31. The van der Waals surface area contributed by atoms with Gasteiger partial charge in [0.2, 0.25) is 11.8 Å². The van der Waals surface area contributed by atoms with Crippen molar-refractivity contribution in [1.29, 1.82) is 0 Å². The Morgan fingerprint density at radius 2 is 2.22 bits per heavy atom. The summed E-state index contributed by atoms with van der Waals surface area (Å²) in [5.41, 5.74) is 0.618. The van der Waals surface area contributed by atoms with Gasteiger partial charge in [0, 0.05) is 11.6 Å². The van der Waals surface area contributed by atoms with Gasteiger partial charge in [0.15, 0.2) is 0 Å². The van der Waals surface area contributed by atoms with Crippen LogP contribution in [-0.2, 0) is 16.1 Å². The third-order valence-corrected chi connectivity index (χ3v) is 3.29. The number of halogens is 2. The van der Waals surface area contributed by atoms with Gasteiger partial charge in [-0.2, -0.15) is 0 Å². The van der Waals surface area contributed by atoms with Crippen LogP contribution in [0.5, 0.6) is 0 Å². The summed E-state index contributed by atoms with van der Waals surface area (Å²) in [5.74, 6) is -0.810. The summed E-state index contributed by atoms with van der Waals surface area (Å²) in [6.45, 7) is 1.83. The number of piperazine rings is 1. The first-order valence-corrected chi connectivity index (χ1v) is 5.88. The van der Waals surface area contributed by atoms with Crippen LogP contribution in [0.25, 0.3) is 0 Å². The Morgan fingerprint density at radius 1 is 1.50 bits per heavy atom. The summed E-state index contributed by atoms with van der Waals surface area (Å²) in [6.07, 6.45) is 0. The van der Waals surface area contributed by atoms with Gasteiger partial charge >= 0.3 is 0 Å². The topological polar surface area (TPSA) is 49.4 Å². The van der Waals surface area contributed by atoms with E-state index >= 15 is 0 Å². The predicted octanol–water partition coefficient (Wildman–Crippen LogP) is 1.33. The van der Waals surface area contributed by atoms with Crippen LogP contribution in [0.1, 0.15) is 12.5 Å². The Kier molecular flexibility index (Phi) is 3.52. The van der Waals surface area contributed by atoms with Crippen molar-refractivity contribution in [3.63, 3.8) is 0 Å². The molecule has 18 heavy (non-hydrogen) atoms. The first kappa shape index (κ1) is 12.8. The Balaban J connectivity index is 2.21. The third-order valence-electron chi connectivity index (χ3n) is 2.94. The molecule has 1 fully saturated rings. The first-order chi connectivity index (χ1) is 8.49. The lowest BCUT2D eigenvalue weighted by Crippen LogP contribution is -2.56.